The topological polar surface area (TPSA) is 79.7 Å². The number of carbonyl (C=O) groups excluding carboxylic acids is 2. The lowest BCUT2D eigenvalue weighted by atomic mass is 9.94. The van der Waals surface area contributed by atoms with Gasteiger partial charge in [-0.3, -0.25) is 14.6 Å². The molecule has 2 heterocycles. The lowest BCUT2D eigenvalue weighted by Crippen LogP contribution is -2.29. The smallest absolute Gasteiger partial charge is 0.295 e. The van der Waals surface area contributed by atoms with Crippen LogP contribution in [0.4, 0.5) is 4.39 Å². The number of likely N-dealkylation sites (tertiary alicyclic amines) is 1. The van der Waals surface area contributed by atoms with Gasteiger partial charge in [0.1, 0.15) is 17.3 Å². The van der Waals surface area contributed by atoms with E-state index in [0.717, 1.165) is 17.5 Å². The third kappa shape index (κ3) is 4.55. The van der Waals surface area contributed by atoms with Gasteiger partial charge in [0.05, 0.1) is 18.2 Å². The molecule has 6 nitrogen and oxygen atoms in total. The zero-order chi connectivity index (χ0) is 24.2. The number of aryl methyl sites for hydroxylation is 1. The Kier molecular flexibility index (Phi) is 6.72. The molecule has 0 unspecified atom stereocenters. The molecule has 0 spiro atoms. The molecule has 2 aromatic carbocycles. The number of pyridine rings is 1. The van der Waals surface area contributed by atoms with Gasteiger partial charge < -0.3 is 14.7 Å². The number of ether oxygens (including phenoxy) is 1. The van der Waals surface area contributed by atoms with Gasteiger partial charge in [-0.2, -0.15) is 0 Å². The van der Waals surface area contributed by atoms with Gasteiger partial charge in [-0.05, 0) is 66.4 Å². The maximum absolute atomic E-state index is 13.6. The highest BCUT2D eigenvalue weighted by molar-refractivity contribution is 6.46. The molecule has 1 saturated heterocycles. The number of aromatic nitrogens is 1. The number of hydrogen-bond donors (Lipinski definition) is 1. The largest absolute Gasteiger partial charge is 0.507 e. The number of hydrogen-bond acceptors (Lipinski definition) is 5. The summed E-state index contributed by atoms with van der Waals surface area (Å²) >= 11 is 0. The van der Waals surface area contributed by atoms with E-state index < -0.39 is 23.5 Å². The molecule has 3 aromatic rings. The zero-order valence-corrected chi connectivity index (χ0v) is 19.0. The van der Waals surface area contributed by atoms with Crippen LogP contribution in [0.3, 0.4) is 0 Å². The van der Waals surface area contributed by atoms with E-state index >= 15 is 0 Å². The Balaban J connectivity index is 1.81. The molecular formula is C27H25FN2O4. The zero-order valence-electron chi connectivity index (χ0n) is 19.0. The fourth-order valence-corrected chi connectivity index (χ4v) is 4.05. The Bertz CT molecular complexity index is 1240. The van der Waals surface area contributed by atoms with Crippen LogP contribution in [0.15, 0.2) is 72.6 Å². The third-order valence-electron chi connectivity index (χ3n) is 5.71. The van der Waals surface area contributed by atoms with Gasteiger partial charge in [0, 0.05) is 24.5 Å². The fraction of sp³-hybridized carbons (Fsp3) is 0.222. The quantitative estimate of drug-likeness (QED) is 0.307. The Morgan fingerprint density at radius 3 is 2.56 bits per heavy atom. The van der Waals surface area contributed by atoms with E-state index in [1.807, 2.05) is 13.8 Å². The SMILES string of the molecule is CCCOc1ccc(C(O)=C2C(=O)C(=O)N(Cc3cccnc3)[C@H]2c2ccc(F)cc2)cc1C. The van der Waals surface area contributed by atoms with E-state index in [0.29, 0.717) is 23.5 Å². The molecule has 34 heavy (non-hydrogen) atoms. The van der Waals surface area contributed by atoms with Crippen molar-refractivity contribution >= 4 is 17.4 Å². The number of amides is 1. The summed E-state index contributed by atoms with van der Waals surface area (Å²) in [4.78, 5) is 31.7. The molecule has 1 atom stereocenters. The average Bonchev–Trinajstić information content (AvgIpc) is 3.09. The van der Waals surface area contributed by atoms with Crippen molar-refractivity contribution in [2.24, 2.45) is 0 Å². The Hall–Kier alpha value is -4.00. The van der Waals surface area contributed by atoms with Gasteiger partial charge in [0.15, 0.2) is 0 Å². The summed E-state index contributed by atoms with van der Waals surface area (Å²) < 4.78 is 19.3. The van der Waals surface area contributed by atoms with Crippen molar-refractivity contribution in [2.75, 3.05) is 6.61 Å². The van der Waals surface area contributed by atoms with E-state index in [2.05, 4.69) is 4.98 Å². The molecule has 0 aliphatic carbocycles. The maximum atomic E-state index is 13.6. The molecule has 0 radical (unpaired) electrons. The number of Topliss-reactive ketones (excluding diaryl/α,β-unsaturated/α-hetero) is 1. The van der Waals surface area contributed by atoms with Gasteiger partial charge in [-0.15, -0.1) is 0 Å². The summed E-state index contributed by atoms with van der Waals surface area (Å²) in [7, 11) is 0. The minimum absolute atomic E-state index is 0.0397. The molecular weight excluding hydrogens is 435 g/mol. The number of rotatable bonds is 7. The Labute approximate surface area is 197 Å². The number of halogens is 1. The van der Waals surface area contributed by atoms with Crippen LogP contribution in [0.1, 0.15) is 41.6 Å². The van der Waals surface area contributed by atoms with Gasteiger partial charge in [-0.1, -0.05) is 25.1 Å². The number of carbonyl (C=O) groups is 2. The van der Waals surface area contributed by atoms with Gasteiger partial charge >= 0.3 is 0 Å². The first-order valence-corrected chi connectivity index (χ1v) is 11.1. The lowest BCUT2D eigenvalue weighted by molar-refractivity contribution is -0.140. The van der Waals surface area contributed by atoms with Crippen LogP contribution in [0.5, 0.6) is 5.75 Å². The van der Waals surface area contributed by atoms with Crippen molar-refractivity contribution in [1.29, 1.82) is 0 Å². The molecule has 1 N–H and O–H groups in total. The first kappa shape index (κ1) is 23.2. The Morgan fingerprint density at radius 2 is 1.91 bits per heavy atom. The van der Waals surface area contributed by atoms with Crippen molar-refractivity contribution in [3.63, 3.8) is 0 Å². The summed E-state index contributed by atoms with van der Waals surface area (Å²) in [6, 6.07) is 13.3. The molecule has 0 bridgehead atoms. The minimum atomic E-state index is -0.878. The van der Waals surface area contributed by atoms with E-state index in [1.54, 1.807) is 42.7 Å². The van der Waals surface area contributed by atoms with Crippen molar-refractivity contribution in [3.05, 3.63) is 101 Å². The molecule has 1 aromatic heterocycles. The number of aliphatic hydroxyl groups excluding tert-OH is 1. The molecule has 174 valence electrons. The molecule has 1 fully saturated rings. The number of aliphatic hydroxyl groups is 1. The van der Waals surface area contributed by atoms with Crippen LogP contribution in [-0.2, 0) is 16.1 Å². The third-order valence-corrected chi connectivity index (χ3v) is 5.71. The molecule has 0 saturated carbocycles. The first-order valence-electron chi connectivity index (χ1n) is 11.1. The monoisotopic (exact) mass is 460 g/mol. The number of benzene rings is 2. The van der Waals surface area contributed by atoms with Gasteiger partial charge in [0.25, 0.3) is 11.7 Å². The van der Waals surface area contributed by atoms with E-state index in [-0.39, 0.29) is 17.9 Å². The molecule has 1 aliphatic heterocycles. The first-order chi connectivity index (χ1) is 16.4. The van der Waals surface area contributed by atoms with Crippen LogP contribution in [0.25, 0.3) is 5.76 Å². The average molecular weight is 461 g/mol. The predicted octanol–water partition coefficient (Wildman–Crippen LogP) is 4.94. The second kappa shape index (κ2) is 9.87. The van der Waals surface area contributed by atoms with E-state index in [1.165, 1.54) is 29.2 Å². The minimum Gasteiger partial charge on any atom is -0.507 e. The summed E-state index contributed by atoms with van der Waals surface area (Å²) in [5.74, 6) is -1.57. The van der Waals surface area contributed by atoms with Crippen molar-refractivity contribution in [2.45, 2.75) is 32.9 Å². The van der Waals surface area contributed by atoms with Crippen molar-refractivity contribution in [3.8, 4) is 5.75 Å². The highest BCUT2D eigenvalue weighted by Crippen LogP contribution is 2.40. The van der Waals surface area contributed by atoms with E-state index in [4.69, 9.17) is 4.74 Å². The highest BCUT2D eigenvalue weighted by Gasteiger charge is 2.46. The molecule has 7 heteroatoms. The Morgan fingerprint density at radius 1 is 1.15 bits per heavy atom. The van der Waals surface area contributed by atoms with Crippen molar-refractivity contribution in [1.82, 2.24) is 9.88 Å². The second-order valence-electron chi connectivity index (χ2n) is 8.17. The highest BCUT2D eigenvalue weighted by atomic mass is 19.1. The van der Waals surface area contributed by atoms with Crippen molar-refractivity contribution < 1.29 is 23.8 Å². The predicted molar refractivity (Wildman–Crippen MR) is 125 cm³/mol. The standard InChI is InChI=1S/C27H25FN2O4/c1-3-13-34-22-11-8-20(14-17(22)2)25(31)23-24(19-6-9-21(28)10-7-19)30(27(33)26(23)32)16-18-5-4-12-29-15-18/h4-12,14-15,24,31H,3,13,16H2,1-2H3/t24-/m0/s1. The summed E-state index contributed by atoms with van der Waals surface area (Å²) in [5.41, 5.74) is 2.39. The van der Waals surface area contributed by atoms with Crippen LogP contribution in [0.2, 0.25) is 0 Å². The fourth-order valence-electron chi connectivity index (χ4n) is 4.05. The van der Waals surface area contributed by atoms with Gasteiger partial charge in [-0.25, -0.2) is 4.39 Å². The summed E-state index contributed by atoms with van der Waals surface area (Å²) in [5, 5.41) is 11.2. The summed E-state index contributed by atoms with van der Waals surface area (Å²) in [6.45, 7) is 4.53. The van der Waals surface area contributed by atoms with E-state index in [9.17, 15) is 19.1 Å². The second-order valence-corrected chi connectivity index (χ2v) is 8.17. The summed E-state index contributed by atoms with van der Waals surface area (Å²) in [6.07, 6.45) is 4.09. The lowest BCUT2D eigenvalue weighted by Gasteiger charge is -2.25. The normalized spacial score (nSPS) is 17.3. The number of ketones is 1. The maximum Gasteiger partial charge on any atom is 0.295 e. The van der Waals surface area contributed by atoms with Crippen LogP contribution < -0.4 is 4.74 Å². The molecule has 4 rings (SSSR count). The number of nitrogens with zero attached hydrogens (tertiary/aromatic N) is 2. The molecule has 1 aliphatic rings. The van der Waals surface area contributed by atoms with Crippen LogP contribution in [0, 0.1) is 12.7 Å². The van der Waals surface area contributed by atoms with Crippen LogP contribution in [-0.4, -0.2) is 33.3 Å². The molecule has 1 amide bonds. The van der Waals surface area contributed by atoms with Crippen LogP contribution >= 0.6 is 0 Å². The van der Waals surface area contributed by atoms with Gasteiger partial charge in [0.2, 0.25) is 0 Å².